The van der Waals surface area contributed by atoms with Crippen LogP contribution in [0.2, 0.25) is 0 Å². The number of nitrogens with one attached hydrogen (secondary N) is 1. The number of hydrogen-bond acceptors (Lipinski definition) is 5. The molecule has 0 spiro atoms. The molecule has 0 atom stereocenters. The van der Waals surface area contributed by atoms with Gasteiger partial charge in [-0.1, -0.05) is 0 Å². The van der Waals surface area contributed by atoms with Crippen molar-refractivity contribution in [2.75, 3.05) is 47.5 Å². The minimum atomic E-state index is 0.279. The van der Waals surface area contributed by atoms with E-state index < -0.39 is 0 Å². The number of likely N-dealkylation sites (N-methyl/N-ethyl adjacent to an activating group) is 1. The van der Waals surface area contributed by atoms with Crippen molar-refractivity contribution >= 4 is 0 Å². The van der Waals surface area contributed by atoms with E-state index in [9.17, 15) is 5.11 Å². The van der Waals surface area contributed by atoms with Gasteiger partial charge in [-0.2, -0.15) is 0 Å². The third-order valence-electron chi connectivity index (χ3n) is 2.71. The Bertz CT molecular complexity index is 370. The summed E-state index contributed by atoms with van der Waals surface area (Å²) in [6.45, 7) is 3.68. The minimum Gasteiger partial charge on any atom is -0.508 e. The van der Waals surface area contributed by atoms with Crippen LogP contribution < -0.4 is 10.1 Å². The highest BCUT2D eigenvalue weighted by atomic mass is 16.5. The van der Waals surface area contributed by atoms with Crippen LogP contribution >= 0.6 is 0 Å². The Balaban J connectivity index is 2.18. The van der Waals surface area contributed by atoms with Crippen molar-refractivity contribution in [1.29, 1.82) is 0 Å². The zero-order chi connectivity index (χ0) is 14.1. The molecule has 0 aliphatic heterocycles. The molecule has 0 aliphatic carbocycles. The molecule has 5 heteroatoms. The largest absolute Gasteiger partial charge is 0.508 e. The van der Waals surface area contributed by atoms with Crippen LogP contribution in [0.25, 0.3) is 0 Å². The Kier molecular flexibility index (Phi) is 7.25. The summed E-state index contributed by atoms with van der Waals surface area (Å²) in [5.74, 6) is 1.03. The van der Waals surface area contributed by atoms with E-state index in [1.807, 2.05) is 20.2 Å². The average Bonchev–Trinajstić information content (AvgIpc) is 2.39. The number of nitrogens with zero attached hydrogens (tertiary/aromatic N) is 1. The number of phenolic OH excluding ortho intramolecular Hbond substituents is 1. The van der Waals surface area contributed by atoms with Crippen molar-refractivity contribution in [3.63, 3.8) is 0 Å². The SMILES string of the molecule is COc1ccc(O)c(CNCCOCCN(C)C)c1. The smallest absolute Gasteiger partial charge is 0.120 e. The molecule has 0 aromatic heterocycles. The summed E-state index contributed by atoms with van der Waals surface area (Å²) in [4.78, 5) is 2.09. The van der Waals surface area contributed by atoms with Crippen molar-refractivity contribution in [1.82, 2.24) is 10.2 Å². The zero-order valence-electron chi connectivity index (χ0n) is 12.0. The second kappa shape index (κ2) is 8.74. The van der Waals surface area contributed by atoms with Crippen LogP contribution in [0.4, 0.5) is 0 Å². The third kappa shape index (κ3) is 6.42. The predicted molar refractivity (Wildman–Crippen MR) is 75.7 cm³/mol. The molecule has 5 nitrogen and oxygen atoms in total. The summed E-state index contributed by atoms with van der Waals surface area (Å²) in [5.41, 5.74) is 0.827. The van der Waals surface area contributed by atoms with Gasteiger partial charge in [-0.25, -0.2) is 0 Å². The highest BCUT2D eigenvalue weighted by molar-refractivity contribution is 5.39. The lowest BCUT2D eigenvalue weighted by molar-refractivity contribution is 0.119. The molecular formula is C14H24N2O3. The molecular weight excluding hydrogens is 244 g/mol. The van der Waals surface area contributed by atoms with Gasteiger partial charge in [0.15, 0.2) is 0 Å². The summed E-state index contributed by atoms with van der Waals surface area (Å²) >= 11 is 0. The van der Waals surface area contributed by atoms with Gasteiger partial charge < -0.3 is 24.8 Å². The van der Waals surface area contributed by atoms with Gasteiger partial charge in [0.1, 0.15) is 11.5 Å². The molecule has 2 N–H and O–H groups in total. The Morgan fingerprint density at radius 3 is 2.74 bits per heavy atom. The predicted octanol–water partition coefficient (Wildman–Crippen LogP) is 1.07. The van der Waals surface area contributed by atoms with E-state index in [4.69, 9.17) is 9.47 Å². The maximum atomic E-state index is 9.70. The Morgan fingerprint density at radius 1 is 1.26 bits per heavy atom. The van der Waals surface area contributed by atoms with E-state index in [0.29, 0.717) is 13.2 Å². The zero-order valence-corrected chi connectivity index (χ0v) is 12.0. The van der Waals surface area contributed by atoms with Crippen LogP contribution in [0.3, 0.4) is 0 Å². The van der Waals surface area contributed by atoms with Crippen LogP contribution in [0.5, 0.6) is 11.5 Å². The van der Waals surface area contributed by atoms with Gasteiger partial charge in [0.2, 0.25) is 0 Å². The molecule has 0 saturated carbocycles. The van der Waals surface area contributed by atoms with Crippen LogP contribution in [0.1, 0.15) is 5.56 Å². The summed E-state index contributed by atoms with van der Waals surface area (Å²) < 4.78 is 10.6. The lowest BCUT2D eigenvalue weighted by Gasteiger charge is -2.11. The molecule has 0 unspecified atom stereocenters. The fourth-order valence-electron chi connectivity index (χ4n) is 1.55. The second-order valence-electron chi connectivity index (χ2n) is 4.59. The molecule has 1 aromatic rings. The molecule has 108 valence electrons. The molecule has 0 aliphatic rings. The first-order chi connectivity index (χ1) is 9.13. The van der Waals surface area contributed by atoms with Crippen LogP contribution in [-0.2, 0) is 11.3 Å². The average molecular weight is 268 g/mol. The maximum absolute atomic E-state index is 9.70. The Hall–Kier alpha value is -1.30. The monoisotopic (exact) mass is 268 g/mol. The first kappa shape index (κ1) is 15.8. The molecule has 0 saturated heterocycles. The lowest BCUT2D eigenvalue weighted by Crippen LogP contribution is -2.23. The molecule has 19 heavy (non-hydrogen) atoms. The number of methoxy groups -OCH3 is 1. The third-order valence-corrected chi connectivity index (χ3v) is 2.71. The van der Waals surface area contributed by atoms with Crippen molar-refractivity contribution in [2.24, 2.45) is 0 Å². The van der Waals surface area contributed by atoms with Crippen molar-refractivity contribution in [2.45, 2.75) is 6.54 Å². The van der Waals surface area contributed by atoms with Crippen molar-refractivity contribution in [3.05, 3.63) is 23.8 Å². The highest BCUT2D eigenvalue weighted by Gasteiger charge is 2.02. The van der Waals surface area contributed by atoms with Gasteiger partial charge in [-0.05, 0) is 32.3 Å². The molecule has 0 amide bonds. The molecule has 0 fully saturated rings. The van der Waals surface area contributed by atoms with E-state index in [2.05, 4.69) is 10.2 Å². The standard InChI is InChI=1S/C14H24N2O3/c1-16(2)7-9-19-8-6-15-11-12-10-13(18-3)4-5-14(12)17/h4-5,10,15,17H,6-9,11H2,1-3H3. The van der Waals surface area contributed by atoms with E-state index in [1.165, 1.54) is 0 Å². The Morgan fingerprint density at radius 2 is 2.05 bits per heavy atom. The van der Waals surface area contributed by atoms with Gasteiger partial charge >= 0.3 is 0 Å². The first-order valence-electron chi connectivity index (χ1n) is 6.42. The number of phenols is 1. The fourth-order valence-corrected chi connectivity index (χ4v) is 1.55. The van der Waals surface area contributed by atoms with E-state index in [1.54, 1.807) is 19.2 Å². The summed E-state index contributed by atoms with van der Waals surface area (Å²) in [5, 5.41) is 12.9. The minimum absolute atomic E-state index is 0.279. The van der Waals surface area contributed by atoms with Crippen LogP contribution in [0, 0.1) is 0 Å². The van der Waals surface area contributed by atoms with Gasteiger partial charge in [0.25, 0.3) is 0 Å². The lowest BCUT2D eigenvalue weighted by atomic mass is 10.2. The number of ether oxygens (including phenoxy) is 2. The fraction of sp³-hybridized carbons (Fsp3) is 0.571. The second-order valence-corrected chi connectivity index (χ2v) is 4.59. The summed E-state index contributed by atoms with van der Waals surface area (Å²) in [7, 11) is 5.66. The molecule has 1 aromatic carbocycles. The van der Waals surface area contributed by atoms with Gasteiger partial charge in [0.05, 0.1) is 20.3 Å². The number of hydrogen-bond donors (Lipinski definition) is 2. The quantitative estimate of drug-likeness (QED) is 0.656. The first-order valence-corrected chi connectivity index (χ1v) is 6.42. The van der Waals surface area contributed by atoms with E-state index >= 15 is 0 Å². The van der Waals surface area contributed by atoms with Gasteiger partial charge in [-0.3, -0.25) is 0 Å². The number of aromatic hydroxyl groups is 1. The summed E-state index contributed by atoms with van der Waals surface area (Å²) in [6, 6.07) is 5.21. The normalized spacial score (nSPS) is 10.9. The van der Waals surface area contributed by atoms with Crippen molar-refractivity contribution in [3.8, 4) is 11.5 Å². The van der Waals surface area contributed by atoms with Crippen LogP contribution in [-0.4, -0.2) is 57.5 Å². The molecule has 0 heterocycles. The van der Waals surface area contributed by atoms with Crippen molar-refractivity contribution < 1.29 is 14.6 Å². The topological polar surface area (TPSA) is 54.0 Å². The number of benzene rings is 1. The highest BCUT2D eigenvalue weighted by Crippen LogP contribution is 2.22. The molecule has 0 bridgehead atoms. The van der Waals surface area contributed by atoms with E-state index in [0.717, 1.165) is 31.0 Å². The number of rotatable bonds is 9. The maximum Gasteiger partial charge on any atom is 0.120 e. The summed E-state index contributed by atoms with van der Waals surface area (Å²) in [6.07, 6.45) is 0. The molecule has 0 radical (unpaired) electrons. The van der Waals surface area contributed by atoms with Gasteiger partial charge in [0, 0.05) is 25.2 Å². The van der Waals surface area contributed by atoms with E-state index in [-0.39, 0.29) is 5.75 Å². The van der Waals surface area contributed by atoms with Crippen LogP contribution in [0.15, 0.2) is 18.2 Å². The molecule has 1 rings (SSSR count). The van der Waals surface area contributed by atoms with Gasteiger partial charge in [-0.15, -0.1) is 0 Å². The Labute approximate surface area is 115 Å².